The van der Waals surface area contributed by atoms with Crippen molar-refractivity contribution in [2.75, 3.05) is 32.1 Å². The third-order valence-electron chi connectivity index (χ3n) is 3.08. The van der Waals surface area contributed by atoms with Crippen LogP contribution in [0.25, 0.3) is 0 Å². The Labute approximate surface area is 121 Å². The second-order valence-electron chi connectivity index (χ2n) is 5.55. The van der Waals surface area contributed by atoms with Crippen LogP contribution in [-0.4, -0.2) is 37.7 Å². The van der Waals surface area contributed by atoms with E-state index >= 15 is 0 Å². The molecular weight excluding hydrogens is 254 g/mol. The smallest absolute Gasteiger partial charge is 0.269 e. The lowest BCUT2D eigenvalue weighted by molar-refractivity contribution is 0.0951. The molecule has 0 bridgehead atoms. The van der Waals surface area contributed by atoms with Crippen molar-refractivity contribution >= 4 is 11.6 Å². The van der Waals surface area contributed by atoms with Gasteiger partial charge in [-0.3, -0.25) is 9.78 Å². The predicted molar refractivity (Wildman–Crippen MR) is 81.0 cm³/mol. The highest BCUT2D eigenvalue weighted by Crippen LogP contribution is 2.21. The van der Waals surface area contributed by atoms with Gasteiger partial charge in [-0.1, -0.05) is 13.8 Å². The molecule has 0 saturated carbocycles. The van der Waals surface area contributed by atoms with Gasteiger partial charge in [0.15, 0.2) is 0 Å². The number of ether oxygens (including phenoxy) is 1. The number of anilines is 1. The van der Waals surface area contributed by atoms with Crippen LogP contribution in [0, 0.1) is 5.41 Å². The van der Waals surface area contributed by atoms with Gasteiger partial charge in [-0.15, -0.1) is 0 Å². The highest BCUT2D eigenvalue weighted by molar-refractivity contribution is 5.93. The Morgan fingerprint density at radius 1 is 1.45 bits per heavy atom. The maximum atomic E-state index is 11.7. The van der Waals surface area contributed by atoms with Crippen molar-refractivity contribution in [2.45, 2.75) is 27.2 Å². The summed E-state index contributed by atoms with van der Waals surface area (Å²) in [7, 11) is 1.71. The average molecular weight is 279 g/mol. The van der Waals surface area contributed by atoms with Crippen molar-refractivity contribution in [1.29, 1.82) is 0 Å². The van der Waals surface area contributed by atoms with Crippen LogP contribution in [0.4, 0.5) is 5.69 Å². The Balaban J connectivity index is 2.60. The highest BCUT2D eigenvalue weighted by Gasteiger charge is 2.17. The number of carbonyl (C=O) groups excluding carboxylic acids is 1. The Morgan fingerprint density at radius 3 is 2.85 bits per heavy atom. The molecule has 2 N–H and O–H groups in total. The van der Waals surface area contributed by atoms with Crippen molar-refractivity contribution in [1.82, 2.24) is 10.3 Å². The maximum absolute atomic E-state index is 11.7. The molecule has 20 heavy (non-hydrogen) atoms. The lowest BCUT2D eigenvalue weighted by Gasteiger charge is -2.25. The van der Waals surface area contributed by atoms with Crippen molar-refractivity contribution in [3.05, 3.63) is 24.0 Å². The van der Waals surface area contributed by atoms with E-state index in [1.807, 2.05) is 13.0 Å². The van der Waals surface area contributed by atoms with Crippen molar-refractivity contribution < 1.29 is 9.53 Å². The minimum atomic E-state index is -0.144. The van der Waals surface area contributed by atoms with Crippen LogP contribution in [0.5, 0.6) is 0 Å². The summed E-state index contributed by atoms with van der Waals surface area (Å²) in [5.74, 6) is -0.144. The normalized spacial score (nSPS) is 11.2. The van der Waals surface area contributed by atoms with Crippen molar-refractivity contribution in [3.63, 3.8) is 0 Å². The molecule has 1 rings (SSSR count). The van der Waals surface area contributed by atoms with Gasteiger partial charge in [-0.25, -0.2) is 0 Å². The van der Waals surface area contributed by atoms with Gasteiger partial charge in [0.1, 0.15) is 5.69 Å². The van der Waals surface area contributed by atoms with Gasteiger partial charge in [-0.2, -0.15) is 0 Å². The molecule has 0 fully saturated rings. The minimum absolute atomic E-state index is 0.130. The molecule has 5 heteroatoms. The summed E-state index contributed by atoms with van der Waals surface area (Å²) in [6.45, 7) is 8.42. The van der Waals surface area contributed by atoms with Crippen LogP contribution >= 0.6 is 0 Å². The molecule has 0 aliphatic rings. The summed E-state index contributed by atoms with van der Waals surface area (Å²) in [4.78, 5) is 15.8. The van der Waals surface area contributed by atoms with Gasteiger partial charge in [0.2, 0.25) is 0 Å². The fourth-order valence-corrected chi connectivity index (χ4v) is 1.72. The van der Waals surface area contributed by atoms with Gasteiger partial charge in [-0.05, 0) is 30.9 Å². The van der Waals surface area contributed by atoms with E-state index < -0.39 is 0 Å². The number of nitrogens with one attached hydrogen (secondary N) is 2. The van der Waals surface area contributed by atoms with Crippen molar-refractivity contribution in [2.24, 2.45) is 5.41 Å². The Morgan fingerprint density at radius 2 is 2.20 bits per heavy atom. The number of hydrogen-bond acceptors (Lipinski definition) is 4. The number of methoxy groups -OCH3 is 1. The van der Waals surface area contributed by atoms with Crippen LogP contribution in [0.2, 0.25) is 0 Å². The van der Waals surface area contributed by atoms with Crippen LogP contribution < -0.4 is 10.6 Å². The number of pyridine rings is 1. The number of amides is 1. The van der Waals surface area contributed by atoms with E-state index in [9.17, 15) is 4.79 Å². The van der Waals surface area contributed by atoms with Gasteiger partial charge >= 0.3 is 0 Å². The largest absolute Gasteiger partial charge is 0.385 e. The molecule has 0 radical (unpaired) electrons. The molecule has 0 aromatic carbocycles. The molecule has 0 aliphatic heterocycles. The fraction of sp³-hybridized carbons (Fsp3) is 0.600. The first kappa shape index (κ1) is 16.4. The van der Waals surface area contributed by atoms with E-state index in [2.05, 4.69) is 29.5 Å². The number of aromatic nitrogens is 1. The monoisotopic (exact) mass is 279 g/mol. The maximum Gasteiger partial charge on any atom is 0.269 e. The number of nitrogens with zero attached hydrogens (tertiary/aromatic N) is 1. The summed E-state index contributed by atoms with van der Waals surface area (Å²) >= 11 is 0. The molecule has 5 nitrogen and oxygen atoms in total. The molecule has 1 heterocycles. The molecule has 0 unspecified atom stereocenters. The molecule has 0 spiro atoms. The number of rotatable bonds is 8. The van der Waals surface area contributed by atoms with Gasteiger partial charge in [0.05, 0.1) is 0 Å². The SMILES string of the molecule is CCNC(=O)c1cc(NCC(C)(C)CCOC)ccn1. The molecule has 112 valence electrons. The standard InChI is InChI=1S/C15H25N3O2/c1-5-16-14(19)13-10-12(6-8-17-13)18-11-15(2,3)7-9-20-4/h6,8,10H,5,7,9,11H2,1-4H3,(H,16,19)(H,17,18). The Hall–Kier alpha value is -1.62. The summed E-state index contributed by atoms with van der Waals surface area (Å²) < 4.78 is 5.12. The summed E-state index contributed by atoms with van der Waals surface area (Å²) in [5, 5.41) is 6.10. The topological polar surface area (TPSA) is 63.2 Å². The molecular formula is C15H25N3O2. The minimum Gasteiger partial charge on any atom is -0.385 e. The summed E-state index contributed by atoms with van der Waals surface area (Å²) in [6, 6.07) is 3.65. The molecule has 0 atom stereocenters. The number of carbonyl (C=O) groups is 1. The van der Waals surface area contributed by atoms with Gasteiger partial charge < -0.3 is 15.4 Å². The molecule has 0 saturated heterocycles. The zero-order valence-corrected chi connectivity index (χ0v) is 12.8. The van der Waals surface area contributed by atoms with E-state index in [4.69, 9.17) is 4.74 Å². The van der Waals surface area contributed by atoms with E-state index in [0.29, 0.717) is 12.2 Å². The van der Waals surface area contributed by atoms with E-state index in [1.165, 1.54) is 0 Å². The Kier molecular flexibility index (Phi) is 6.45. The lowest BCUT2D eigenvalue weighted by Crippen LogP contribution is -2.26. The first-order valence-corrected chi connectivity index (χ1v) is 6.95. The Bertz CT molecular complexity index is 433. The van der Waals surface area contributed by atoms with Gasteiger partial charge in [0, 0.05) is 38.7 Å². The zero-order valence-electron chi connectivity index (χ0n) is 12.8. The second kappa shape index (κ2) is 7.85. The van der Waals surface area contributed by atoms with E-state index in [0.717, 1.165) is 25.3 Å². The highest BCUT2D eigenvalue weighted by atomic mass is 16.5. The average Bonchev–Trinajstić information content (AvgIpc) is 2.44. The zero-order chi connectivity index (χ0) is 15.0. The van der Waals surface area contributed by atoms with Crippen molar-refractivity contribution in [3.8, 4) is 0 Å². The first-order chi connectivity index (χ1) is 9.48. The molecule has 1 aromatic heterocycles. The fourth-order valence-electron chi connectivity index (χ4n) is 1.72. The van der Waals surface area contributed by atoms with E-state index in [1.54, 1.807) is 19.4 Å². The molecule has 1 aromatic rings. The molecule has 1 amide bonds. The van der Waals surface area contributed by atoms with Crippen LogP contribution in [0.15, 0.2) is 18.3 Å². The number of hydrogen-bond donors (Lipinski definition) is 2. The molecule has 0 aliphatic carbocycles. The quantitative estimate of drug-likeness (QED) is 0.766. The van der Waals surface area contributed by atoms with E-state index in [-0.39, 0.29) is 11.3 Å². The third-order valence-corrected chi connectivity index (χ3v) is 3.08. The summed E-state index contributed by atoms with van der Waals surface area (Å²) in [6.07, 6.45) is 2.62. The van der Waals surface area contributed by atoms with Gasteiger partial charge in [0.25, 0.3) is 5.91 Å². The van der Waals surface area contributed by atoms with Crippen LogP contribution in [0.3, 0.4) is 0 Å². The van der Waals surface area contributed by atoms with Crippen LogP contribution in [-0.2, 0) is 4.74 Å². The second-order valence-corrected chi connectivity index (χ2v) is 5.55. The first-order valence-electron chi connectivity index (χ1n) is 6.95. The predicted octanol–water partition coefficient (Wildman–Crippen LogP) is 2.31. The van der Waals surface area contributed by atoms with Crippen LogP contribution in [0.1, 0.15) is 37.7 Å². The lowest BCUT2D eigenvalue weighted by atomic mass is 9.89. The third kappa shape index (κ3) is 5.57. The summed E-state index contributed by atoms with van der Waals surface area (Å²) in [5.41, 5.74) is 1.48.